The summed E-state index contributed by atoms with van der Waals surface area (Å²) in [5.74, 6) is -0.436. The third-order valence-electron chi connectivity index (χ3n) is 5.19. The summed E-state index contributed by atoms with van der Waals surface area (Å²) in [7, 11) is 1.39. The predicted molar refractivity (Wildman–Crippen MR) is 84.5 cm³/mol. The van der Waals surface area contributed by atoms with Gasteiger partial charge in [-0.15, -0.1) is 0 Å². The van der Waals surface area contributed by atoms with Crippen LogP contribution in [0, 0.1) is 34.9 Å². The molecule has 4 nitrogen and oxygen atoms in total. The van der Waals surface area contributed by atoms with E-state index in [1.807, 2.05) is 6.07 Å². The smallest absolute Gasteiger partial charge is 0.311 e. The lowest BCUT2D eigenvalue weighted by Gasteiger charge is -2.47. The van der Waals surface area contributed by atoms with Crippen LogP contribution in [0.2, 0.25) is 5.02 Å². The minimum absolute atomic E-state index is 0.101. The van der Waals surface area contributed by atoms with Gasteiger partial charge >= 0.3 is 5.97 Å². The van der Waals surface area contributed by atoms with Gasteiger partial charge in [-0.25, -0.2) is 4.39 Å². The lowest BCUT2D eigenvalue weighted by Crippen LogP contribution is -2.51. The van der Waals surface area contributed by atoms with Crippen LogP contribution < -0.4 is 5.32 Å². The Balaban J connectivity index is 1.90. The Labute approximate surface area is 139 Å². The predicted octanol–water partition coefficient (Wildman–Crippen LogP) is 3.74. The molecule has 6 heteroatoms. The zero-order valence-corrected chi connectivity index (χ0v) is 13.6. The van der Waals surface area contributed by atoms with Crippen LogP contribution in [0.15, 0.2) is 12.1 Å². The number of methoxy groups -OCH3 is 1. The van der Waals surface area contributed by atoms with E-state index in [-0.39, 0.29) is 40.1 Å². The van der Waals surface area contributed by atoms with Crippen molar-refractivity contribution in [2.45, 2.75) is 31.7 Å². The van der Waals surface area contributed by atoms with Crippen LogP contribution in [0.3, 0.4) is 0 Å². The number of nitriles is 1. The Morgan fingerprint density at radius 3 is 2.61 bits per heavy atom. The van der Waals surface area contributed by atoms with Crippen molar-refractivity contribution in [1.82, 2.24) is 0 Å². The maximum Gasteiger partial charge on any atom is 0.311 e. The Bertz CT molecular complexity index is 665. The number of rotatable bonds is 3. The molecule has 1 aromatic rings. The molecule has 3 aliphatic rings. The van der Waals surface area contributed by atoms with Crippen LogP contribution in [0.25, 0.3) is 0 Å². The van der Waals surface area contributed by atoms with E-state index >= 15 is 0 Å². The van der Waals surface area contributed by atoms with Crippen LogP contribution in [-0.4, -0.2) is 19.1 Å². The quantitative estimate of drug-likeness (QED) is 0.854. The maximum atomic E-state index is 14.2. The molecular formula is C17H18ClFN2O2. The summed E-state index contributed by atoms with van der Waals surface area (Å²) < 4.78 is 19.2. The number of fused-ring (bicyclic) bond motifs is 3. The van der Waals surface area contributed by atoms with Gasteiger partial charge in [-0.05, 0) is 49.7 Å². The highest BCUT2D eigenvalue weighted by Crippen LogP contribution is 2.47. The number of anilines is 1. The van der Waals surface area contributed by atoms with Gasteiger partial charge in [0.15, 0.2) is 0 Å². The van der Waals surface area contributed by atoms with Crippen LogP contribution in [0.4, 0.5) is 10.1 Å². The van der Waals surface area contributed by atoms with Gasteiger partial charge in [-0.1, -0.05) is 11.6 Å². The average Bonchev–Trinajstić information content (AvgIpc) is 2.58. The molecule has 0 radical (unpaired) electrons. The van der Waals surface area contributed by atoms with E-state index in [2.05, 4.69) is 5.32 Å². The van der Waals surface area contributed by atoms with Crippen LogP contribution in [0.1, 0.15) is 31.2 Å². The van der Waals surface area contributed by atoms with Gasteiger partial charge in [0, 0.05) is 6.04 Å². The molecule has 3 fully saturated rings. The number of halogens is 2. The van der Waals surface area contributed by atoms with Gasteiger partial charge in [0.1, 0.15) is 11.9 Å². The third-order valence-corrected chi connectivity index (χ3v) is 5.50. The molecule has 3 saturated carbocycles. The molecule has 0 amide bonds. The van der Waals surface area contributed by atoms with E-state index < -0.39 is 5.82 Å². The minimum Gasteiger partial charge on any atom is -0.469 e. The molecule has 0 unspecified atom stereocenters. The normalized spacial score (nSPS) is 29.0. The second kappa shape index (κ2) is 6.37. The van der Waals surface area contributed by atoms with Gasteiger partial charge < -0.3 is 10.1 Å². The third kappa shape index (κ3) is 2.88. The molecule has 0 aromatic heterocycles. The fourth-order valence-corrected chi connectivity index (χ4v) is 4.26. The number of carbonyl (C=O) groups is 1. The first-order chi connectivity index (χ1) is 11.0. The number of hydrogen-bond acceptors (Lipinski definition) is 4. The summed E-state index contributed by atoms with van der Waals surface area (Å²) in [4.78, 5) is 12.2. The number of hydrogen-bond donors (Lipinski definition) is 1. The van der Waals surface area contributed by atoms with E-state index in [9.17, 15) is 9.18 Å². The number of esters is 1. The van der Waals surface area contributed by atoms with Crippen molar-refractivity contribution in [3.8, 4) is 6.07 Å². The number of nitrogens with one attached hydrogen (secondary N) is 1. The largest absolute Gasteiger partial charge is 0.469 e. The van der Waals surface area contributed by atoms with Crippen LogP contribution in [-0.2, 0) is 9.53 Å². The van der Waals surface area contributed by atoms with Crippen LogP contribution in [0.5, 0.6) is 0 Å². The van der Waals surface area contributed by atoms with Crippen molar-refractivity contribution in [2.24, 2.45) is 17.8 Å². The first kappa shape index (κ1) is 16.1. The molecule has 122 valence electrons. The highest BCUT2D eigenvalue weighted by Gasteiger charge is 2.47. The van der Waals surface area contributed by atoms with E-state index in [0.717, 1.165) is 31.7 Å². The Morgan fingerprint density at radius 1 is 1.35 bits per heavy atom. The Morgan fingerprint density at radius 2 is 2.00 bits per heavy atom. The van der Waals surface area contributed by atoms with E-state index in [0.29, 0.717) is 5.92 Å². The SMILES string of the molecule is COC(=O)[C@H]1C2CCC(CC2)[C@@H]1Nc1cc(Cl)c(C#N)cc1F. The Kier molecular flexibility index (Phi) is 4.45. The maximum absolute atomic E-state index is 14.2. The second-order valence-corrected chi connectivity index (χ2v) is 6.72. The summed E-state index contributed by atoms with van der Waals surface area (Å²) in [6.07, 6.45) is 4.08. The molecule has 2 atom stereocenters. The molecule has 4 rings (SSSR count). The highest BCUT2D eigenvalue weighted by atomic mass is 35.5. The van der Waals surface area contributed by atoms with Gasteiger partial charge in [-0.2, -0.15) is 5.26 Å². The highest BCUT2D eigenvalue weighted by molar-refractivity contribution is 6.32. The van der Waals surface area contributed by atoms with Gasteiger partial charge in [0.05, 0.1) is 29.3 Å². The summed E-state index contributed by atoms with van der Waals surface area (Å²) >= 11 is 6.00. The monoisotopic (exact) mass is 336 g/mol. The summed E-state index contributed by atoms with van der Waals surface area (Å²) in [5, 5.41) is 12.3. The van der Waals surface area contributed by atoms with Gasteiger partial charge in [0.2, 0.25) is 0 Å². The van der Waals surface area contributed by atoms with Crippen molar-refractivity contribution in [3.63, 3.8) is 0 Å². The molecule has 1 aromatic carbocycles. The lowest BCUT2D eigenvalue weighted by atomic mass is 9.61. The van der Waals surface area contributed by atoms with Crippen molar-refractivity contribution in [1.29, 1.82) is 5.26 Å². The van der Waals surface area contributed by atoms with Crippen LogP contribution >= 0.6 is 11.6 Å². The molecule has 3 aliphatic carbocycles. The molecule has 1 N–H and O–H groups in total. The fraction of sp³-hybridized carbons (Fsp3) is 0.529. The number of benzene rings is 1. The lowest BCUT2D eigenvalue weighted by molar-refractivity contribution is -0.152. The minimum atomic E-state index is -0.531. The van der Waals surface area contributed by atoms with E-state index in [4.69, 9.17) is 21.6 Å². The topological polar surface area (TPSA) is 62.1 Å². The first-order valence-electron chi connectivity index (χ1n) is 7.78. The van der Waals surface area contributed by atoms with Crippen molar-refractivity contribution < 1.29 is 13.9 Å². The summed E-state index contributed by atoms with van der Waals surface area (Å²) in [5.41, 5.74) is 0.338. The molecule has 0 spiro atoms. The van der Waals surface area contributed by atoms with Gasteiger partial charge in [-0.3, -0.25) is 4.79 Å². The average molecular weight is 337 g/mol. The van der Waals surface area contributed by atoms with E-state index in [1.54, 1.807) is 0 Å². The summed E-state index contributed by atoms with van der Waals surface area (Å²) in [6, 6.07) is 4.24. The molecule has 23 heavy (non-hydrogen) atoms. The number of nitrogens with zero attached hydrogens (tertiary/aromatic N) is 1. The Hall–Kier alpha value is -1.80. The zero-order valence-electron chi connectivity index (χ0n) is 12.8. The van der Waals surface area contributed by atoms with Gasteiger partial charge in [0.25, 0.3) is 0 Å². The number of carbonyl (C=O) groups excluding carboxylic acids is 1. The van der Waals surface area contributed by atoms with E-state index in [1.165, 1.54) is 13.2 Å². The first-order valence-corrected chi connectivity index (χ1v) is 8.16. The number of ether oxygens (including phenoxy) is 1. The second-order valence-electron chi connectivity index (χ2n) is 6.32. The molecular weight excluding hydrogens is 319 g/mol. The zero-order chi connectivity index (χ0) is 16.6. The van der Waals surface area contributed by atoms with Crippen molar-refractivity contribution >= 4 is 23.3 Å². The molecule has 0 saturated heterocycles. The van der Waals surface area contributed by atoms with Crippen molar-refractivity contribution in [3.05, 3.63) is 28.5 Å². The summed E-state index contributed by atoms with van der Waals surface area (Å²) in [6.45, 7) is 0. The van der Waals surface area contributed by atoms with Crippen molar-refractivity contribution in [2.75, 3.05) is 12.4 Å². The fourth-order valence-electron chi connectivity index (χ4n) is 4.06. The molecule has 0 aliphatic heterocycles. The molecule has 2 bridgehead atoms. The molecule has 0 heterocycles. The standard InChI is InChI=1S/C17H18ClFN2O2/c1-23-17(22)15-9-2-4-10(5-3-9)16(15)21-14-7-12(18)11(8-20)6-13(14)19/h6-7,9-10,15-16,21H,2-5H2,1H3/t9?,10?,15-,16-/m0/s1.